The van der Waals surface area contributed by atoms with Gasteiger partial charge < -0.3 is 15.9 Å². The van der Waals surface area contributed by atoms with Crippen molar-refractivity contribution in [3.05, 3.63) is 23.8 Å². The van der Waals surface area contributed by atoms with E-state index in [-0.39, 0.29) is 12.0 Å². The van der Waals surface area contributed by atoms with E-state index in [1.165, 1.54) is 11.6 Å². The number of hydrogen-bond donors (Lipinski definition) is 3. The van der Waals surface area contributed by atoms with Gasteiger partial charge in [0.05, 0.1) is 6.10 Å². The molecule has 0 aromatic rings. The predicted octanol–water partition coefficient (Wildman–Crippen LogP) is 1.13. The molecule has 2 bridgehead atoms. The summed E-state index contributed by atoms with van der Waals surface area (Å²) in [5.41, 5.74) is 6.47. The maximum absolute atomic E-state index is 11.0. The van der Waals surface area contributed by atoms with Crippen molar-refractivity contribution in [1.29, 1.82) is 0 Å². The van der Waals surface area contributed by atoms with Crippen molar-refractivity contribution >= 4 is 5.91 Å². The van der Waals surface area contributed by atoms with Crippen molar-refractivity contribution in [3.8, 4) is 0 Å². The molecule has 3 rings (SSSR count). The molecule has 4 nitrogen and oxygen atoms in total. The smallest absolute Gasteiger partial charge is 0.244 e. The fraction of sp³-hybridized carbons (Fsp3) is 0.667. The second kappa shape index (κ2) is 5.10. The van der Waals surface area contributed by atoms with Crippen molar-refractivity contribution in [2.75, 3.05) is 6.61 Å². The van der Waals surface area contributed by atoms with Crippen LogP contribution in [0.15, 0.2) is 23.8 Å². The Balaban J connectivity index is 2.10. The van der Waals surface area contributed by atoms with Gasteiger partial charge in [-0.15, -0.1) is 0 Å². The average Bonchev–Trinajstić information content (AvgIpc) is 2.35. The lowest BCUT2D eigenvalue weighted by Crippen LogP contribution is -2.56. The van der Waals surface area contributed by atoms with E-state index in [0.717, 1.165) is 19.3 Å². The lowest BCUT2D eigenvalue weighted by Gasteiger charge is -2.60. The molecule has 3 aliphatic carbocycles. The zero-order valence-corrected chi connectivity index (χ0v) is 11.4. The van der Waals surface area contributed by atoms with E-state index < -0.39 is 12.0 Å². The summed E-state index contributed by atoms with van der Waals surface area (Å²) in [6.07, 6.45) is 4.38. The van der Waals surface area contributed by atoms with Crippen molar-refractivity contribution in [2.45, 2.75) is 38.7 Å². The van der Waals surface area contributed by atoms with E-state index in [4.69, 9.17) is 5.73 Å². The zero-order chi connectivity index (χ0) is 14.2. The second-order valence-corrected chi connectivity index (χ2v) is 6.06. The Morgan fingerprint density at radius 2 is 2.37 bits per heavy atom. The number of allylic oxidation sites excluding steroid dienone is 1. The maximum atomic E-state index is 11.0. The molecule has 0 saturated heterocycles. The molecular formula is C15H23NO3. The van der Waals surface area contributed by atoms with Crippen LogP contribution in [-0.4, -0.2) is 28.8 Å². The quantitative estimate of drug-likeness (QED) is 0.515. The number of primary amides is 1. The molecule has 106 valence electrons. The first kappa shape index (κ1) is 14.3. The normalized spacial score (nSPS) is 35.7. The highest BCUT2D eigenvalue weighted by molar-refractivity contribution is 5.91. The summed E-state index contributed by atoms with van der Waals surface area (Å²) >= 11 is 0. The number of rotatable bonds is 5. The van der Waals surface area contributed by atoms with E-state index in [0.29, 0.717) is 23.8 Å². The Morgan fingerprint density at radius 1 is 1.68 bits per heavy atom. The minimum absolute atomic E-state index is 0.0713. The summed E-state index contributed by atoms with van der Waals surface area (Å²) in [6.45, 7) is 5.76. The molecule has 19 heavy (non-hydrogen) atoms. The monoisotopic (exact) mass is 265 g/mol. The first-order valence-corrected chi connectivity index (χ1v) is 6.85. The van der Waals surface area contributed by atoms with Crippen LogP contribution >= 0.6 is 0 Å². The third-order valence-corrected chi connectivity index (χ3v) is 5.05. The van der Waals surface area contributed by atoms with Gasteiger partial charge in [-0.1, -0.05) is 12.2 Å². The molecule has 3 aliphatic rings. The maximum Gasteiger partial charge on any atom is 0.244 e. The summed E-state index contributed by atoms with van der Waals surface area (Å²) in [6, 6.07) is 0. The van der Waals surface area contributed by atoms with Gasteiger partial charge in [0.2, 0.25) is 5.91 Å². The van der Waals surface area contributed by atoms with Crippen LogP contribution in [0.4, 0.5) is 0 Å². The average molecular weight is 265 g/mol. The van der Waals surface area contributed by atoms with Crippen LogP contribution in [0.1, 0.15) is 32.6 Å². The number of aliphatic hydroxyl groups is 2. The summed E-state index contributed by atoms with van der Waals surface area (Å²) in [4.78, 5) is 11.0. The summed E-state index contributed by atoms with van der Waals surface area (Å²) in [5, 5.41) is 19.9. The zero-order valence-electron chi connectivity index (χ0n) is 11.4. The molecule has 0 radical (unpaired) electrons. The van der Waals surface area contributed by atoms with E-state index >= 15 is 0 Å². The van der Waals surface area contributed by atoms with Gasteiger partial charge in [0.25, 0.3) is 0 Å². The Kier molecular flexibility index (Phi) is 3.83. The SMILES string of the molecule is C=C1CC[C@H]2C[C@@H]1[C@]2(CO)C[C@H](O)/C=C(\C)C(N)=O. The number of carbonyl (C=O) groups excluding carboxylic acids is 1. The van der Waals surface area contributed by atoms with Gasteiger partial charge in [-0.05, 0) is 50.5 Å². The first-order valence-electron chi connectivity index (χ1n) is 6.85. The van der Waals surface area contributed by atoms with Crippen LogP contribution < -0.4 is 5.73 Å². The number of nitrogens with two attached hydrogens (primary N) is 1. The molecule has 0 aromatic carbocycles. The molecule has 4 heteroatoms. The molecular weight excluding hydrogens is 242 g/mol. The lowest BCUT2D eigenvalue weighted by molar-refractivity contribution is -0.119. The van der Waals surface area contributed by atoms with Crippen LogP contribution in [0.3, 0.4) is 0 Å². The molecule has 0 unspecified atom stereocenters. The number of carbonyl (C=O) groups is 1. The van der Waals surface area contributed by atoms with Crippen LogP contribution in [0.5, 0.6) is 0 Å². The fourth-order valence-electron chi connectivity index (χ4n) is 3.82. The van der Waals surface area contributed by atoms with Gasteiger partial charge in [-0.25, -0.2) is 0 Å². The van der Waals surface area contributed by atoms with Crippen molar-refractivity contribution in [1.82, 2.24) is 0 Å². The second-order valence-electron chi connectivity index (χ2n) is 6.06. The van der Waals surface area contributed by atoms with Crippen molar-refractivity contribution in [2.24, 2.45) is 23.0 Å². The minimum Gasteiger partial charge on any atom is -0.396 e. The first-order chi connectivity index (χ1) is 8.90. The molecule has 0 aromatic heterocycles. The topological polar surface area (TPSA) is 83.6 Å². The Hall–Kier alpha value is -1.13. The Labute approximate surface area is 114 Å². The number of fused-ring (bicyclic) bond motifs is 2. The molecule has 4 N–H and O–H groups in total. The third kappa shape index (κ3) is 2.35. The molecule has 0 heterocycles. The third-order valence-electron chi connectivity index (χ3n) is 5.05. The van der Waals surface area contributed by atoms with E-state index in [1.54, 1.807) is 6.92 Å². The highest BCUT2D eigenvalue weighted by Crippen LogP contribution is 2.63. The fourth-order valence-corrected chi connectivity index (χ4v) is 3.82. The van der Waals surface area contributed by atoms with Crippen LogP contribution in [-0.2, 0) is 4.79 Å². The Bertz CT molecular complexity index is 427. The van der Waals surface area contributed by atoms with E-state index in [2.05, 4.69) is 6.58 Å². The standard InChI is InChI=1S/C15H23NO3/c1-9-3-4-11-6-13(9)15(11,8-17)7-12(18)5-10(2)14(16)19/h5,11-13,17-18H,1,3-4,6-8H2,2H3,(H2,16,19)/b10-5+/t11-,12+,13-,15-/m0/s1. The number of hydrogen-bond acceptors (Lipinski definition) is 3. The minimum atomic E-state index is -0.740. The Morgan fingerprint density at radius 3 is 2.84 bits per heavy atom. The van der Waals surface area contributed by atoms with Gasteiger partial charge in [-0.3, -0.25) is 4.79 Å². The van der Waals surface area contributed by atoms with Gasteiger partial charge in [-0.2, -0.15) is 0 Å². The molecule has 1 amide bonds. The van der Waals surface area contributed by atoms with Gasteiger partial charge in [0.15, 0.2) is 0 Å². The van der Waals surface area contributed by atoms with Gasteiger partial charge >= 0.3 is 0 Å². The predicted molar refractivity (Wildman–Crippen MR) is 73.1 cm³/mol. The largest absolute Gasteiger partial charge is 0.396 e. The molecule has 3 fully saturated rings. The molecule has 3 saturated carbocycles. The molecule has 4 atom stereocenters. The summed E-state index contributed by atoms with van der Waals surface area (Å²) in [5.74, 6) is 0.258. The van der Waals surface area contributed by atoms with Crippen molar-refractivity contribution in [3.63, 3.8) is 0 Å². The molecule has 0 aliphatic heterocycles. The van der Waals surface area contributed by atoms with E-state index in [1.807, 2.05) is 0 Å². The van der Waals surface area contributed by atoms with Crippen molar-refractivity contribution < 1.29 is 15.0 Å². The van der Waals surface area contributed by atoms with Crippen LogP contribution in [0.25, 0.3) is 0 Å². The number of aliphatic hydroxyl groups excluding tert-OH is 2. The van der Waals surface area contributed by atoms with Gasteiger partial charge in [0.1, 0.15) is 0 Å². The van der Waals surface area contributed by atoms with Gasteiger partial charge in [0, 0.05) is 17.6 Å². The number of amides is 1. The van der Waals surface area contributed by atoms with Crippen LogP contribution in [0.2, 0.25) is 0 Å². The van der Waals surface area contributed by atoms with E-state index in [9.17, 15) is 15.0 Å². The summed E-state index contributed by atoms with van der Waals surface area (Å²) < 4.78 is 0. The molecule has 0 spiro atoms. The highest BCUT2D eigenvalue weighted by Gasteiger charge is 2.57. The lowest BCUT2D eigenvalue weighted by atomic mass is 9.44. The van der Waals surface area contributed by atoms with Crippen LogP contribution in [0, 0.1) is 17.3 Å². The highest BCUT2D eigenvalue weighted by atomic mass is 16.3. The summed E-state index contributed by atoms with van der Waals surface area (Å²) in [7, 11) is 0.